The van der Waals surface area contributed by atoms with Crippen LogP contribution in [0.25, 0.3) is 0 Å². The van der Waals surface area contributed by atoms with Gasteiger partial charge < -0.3 is 19.8 Å². The monoisotopic (exact) mass is 502 g/mol. The lowest BCUT2D eigenvalue weighted by Crippen LogP contribution is -2.78. The van der Waals surface area contributed by atoms with Crippen LogP contribution in [0, 0.1) is 5.92 Å². The van der Waals surface area contributed by atoms with Crippen LogP contribution >= 0.6 is 0 Å². The van der Waals surface area contributed by atoms with Crippen molar-refractivity contribution in [2.45, 2.75) is 87.0 Å². The number of amides is 1. The first kappa shape index (κ1) is 23.5. The van der Waals surface area contributed by atoms with Crippen molar-refractivity contribution < 1.29 is 19.7 Å². The van der Waals surface area contributed by atoms with Crippen molar-refractivity contribution in [2.24, 2.45) is 5.92 Å². The van der Waals surface area contributed by atoms with Crippen molar-refractivity contribution in [3.05, 3.63) is 59.2 Å². The van der Waals surface area contributed by atoms with E-state index in [0.29, 0.717) is 18.6 Å². The summed E-state index contributed by atoms with van der Waals surface area (Å²) in [5.41, 5.74) is 1.71. The molecule has 2 aromatic rings. The fourth-order valence-electron chi connectivity index (χ4n) is 8.50. The van der Waals surface area contributed by atoms with Gasteiger partial charge in [-0.15, -0.1) is 0 Å². The van der Waals surface area contributed by atoms with E-state index in [1.54, 1.807) is 6.07 Å². The fourth-order valence-corrected chi connectivity index (χ4v) is 8.50. The zero-order chi connectivity index (χ0) is 25.5. The molecule has 6 heteroatoms. The minimum absolute atomic E-state index is 0.0469. The third-order valence-corrected chi connectivity index (χ3v) is 10.5. The van der Waals surface area contributed by atoms with Crippen LogP contribution in [-0.2, 0) is 16.6 Å². The van der Waals surface area contributed by atoms with Gasteiger partial charge in [0.15, 0.2) is 11.5 Å². The lowest BCUT2D eigenvalue weighted by Gasteiger charge is -2.64. The first-order valence-corrected chi connectivity index (χ1v) is 14.2. The van der Waals surface area contributed by atoms with Crippen molar-refractivity contribution in [3.8, 4) is 11.5 Å². The van der Waals surface area contributed by atoms with E-state index >= 15 is 0 Å². The molecule has 2 bridgehead atoms. The topological polar surface area (TPSA) is 73.2 Å². The zero-order valence-electron chi connectivity index (χ0n) is 21.9. The van der Waals surface area contributed by atoms with E-state index in [1.807, 2.05) is 48.3 Å². The Hall–Kier alpha value is -2.57. The summed E-state index contributed by atoms with van der Waals surface area (Å²) >= 11 is 0. The number of carbonyl (C=O) groups excluding carboxylic acids is 1. The molecule has 6 atom stereocenters. The fraction of sp³-hybridized carbons (Fsp3) is 0.581. The van der Waals surface area contributed by atoms with Gasteiger partial charge in [-0.1, -0.05) is 43.3 Å². The van der Waals surface area contributed by atoms with E-state index in [9.17, 15) is 15.0 Å². The van der Waals surface area contributed by atoms with Crippen LogP contribution in [0.15, 0.2) is 42.5 Å². The number of aromatic hydroxyl groups is 1. The van der Waals surface area contributed by atoms with Crippen molar-refractivity contribution in [1.82, 2.24) is 9.80 Å². The number of aliphatic hydroxyl groups is 1. The zero-order valence-corrected chi connectivity index (χ0v) is 21.9. The second-order valence-electron chi connectivity index (χ2n) is 12.2. The normalized spacial score (nSPS) is 34.4. The molecule has 2 aromatic carbocycles. The van der Waals surface area contributed by atoms with Gasteiger partial charge in [0.2, 0.25) is 5.91 Å². The van der Waals surface area contributed by atoms with Crippen LogP contribution in [-0.4, -0.2) is 69.8 Å². The molecule has 3 aliphatic carbocycles. The lowest BCUT2D eigenvalue weighted by atomic mass is 9.48. The summed E-state index contributed by atoms with van der Waals surface area (Å²) < 4.78 is 6.68. The molecule has 2 aliphatic heterocycles. The first-order valence-electron chi connectivity index (χ1n) is 14.2. The number of piperidine rings is 1. The molecule has 5 aliphatic rings. The van der Waals surface area contributed by atoms with Crippen molar-refractivity contribution in [2.75, 3.05) is 20.1 Å². The Labute approximate surface area is 219 Å². The van der Waals surface area contributed by atoms with Gasteiger partial charge in [0.05, 0.1) is 23.0 Å². The molecular formula is C31H38N2O4. The largest absolute Gasteiger partial charge is 0.504 e. The Kier molecular flexibility index (Phi) is 5.22. The number of hydrogen-bond acceptors (Lipinski definition) is 5. The summed E-state index contributed by atoms with van der Waals surface area (Å²) in [4.78, 5) is 18.4. The maximum atomic E-state index is 13.9. The number of carbonyl (C=O) groups is 1. The predicted molar refractivity (Wildman–Crippen MR) is 141 cm³/mol. The summed E-state index contributed by atoms with van der Waals surface area (Å²) in [5, 5.41) is 23.6. The van der Waals surface area contributed by atoms with E-state index in [0.717, 1.165) is 49.4 Å². The van der Waals surface area contributed by atoms with Crippen LogP contribution in [0.3, 0.4) is 0 Å². The number of rotatable bonds is 6. The molecule has 1 spiro atoms. The summed E-state index contributed by atoms with van der Waals surface area (Å²) in [6, 6.07) is 13.7. The van der Waals surface area contributed by atoms with Crippen LogP contribution in [0.5, 0.6) is 11.5 Å². The summed E-state index contributed by atoms with van der Waals surface area (Å²) in [7, 11) is 1.91. The third-order valence-electron chi connectivity index (χ3n) is 10.5. The molecule has 1 saturated heterocycles. The van der Waals surface area contributed by atoms with Crippen molar-refractivity contribution >= 4 is 5.91 Å². The molecule has 3 fully saturated rings. The number of likely N-dealkylation sites (tertiary alicyclic amines) is 1. The lowest BCUT2D eigenvalue weighted by molar-refractivity contribution is -0.200. The molecule has 0 aromatic heterocycles. The molecule has 0 radical (unpaired) electrons. The van der Waals surface area contributed by atoms with Crippen LogP contribution < -0.4 is 4.74 Å². The Morgan fingerprint density at radius 1 is 1.16 bits per heavy atom. The van der Waals surface area contributed by atoms with E-state index in [2.05, 4.69) is 11.8 Å². The highest BCUT2D eigenvalue weighted by Crippen LogP contribution is 2.66. The molecule has 196 valence electrons. The summed E-state index contributed by atoms with van der Waals surface area (Å²) in [6.07, 6.45) is 5.84. The van der Waals surface area contributed by atoms with Gasteiger partial charge in [-0.3, -0.25) is 9.69 Å². The van der Waals surface area contributed by atoms with Crippen molar-refractivity contribution in [3.63, 3.8) is 0 Å². The number of ether oxygens (including phenoxy) is 1. The van der Waals surface area contributed by atoms with E-state index < -0.39 is 11.0 Å². The molecule has 2 heterocycles. The third kappa shape index (κ3) is 3.15. The number of likely N-dealkylation sites (N-methyl/N-ethyl adjacent to an activating group) is 1. The number of phenols is 1. The summed E-state index contributed by atoms with van der Waals surface area (Å²) in [5.74, 6) is 1.33. The van der Waals surface area contributed by atoms with Gasteiger partial charge in [-0.25, -0.2) is 0 Å². The molecule has 1 amide bonds. The first-order chi connectivity index (χ1) is 17.9. The quantitative estimate of drug-likeness (QED) is 0.625. The van der Waals surface area contributed by atoms with E-state index in [4.69, 9.17) is 4.74 Å². The minimum Gasteiger partial charge on any atom is -0.504 e. The maximum Gasteiger partial charge on any atom is 0.230 e. The van der Waals surface area contributed by atoms with Crippen LogP contribution in [0.4, 0.5) is 0 Å². The van der Waals surface area contributed by atoms with Gasteiger partial charge >= 0.3 is 0 Å². The molecule has 2 N–H and O–H groups in total. The van der Waals surface area contributed by atoms with E-state index in [-0.39, 0.29) is 35.8 Å². The highest BCUT2D eigenvalue weighted by molar-refractivity contribution is 5.84. The molecule has 2 saturated carbocycles. The van der Waals surface area contributed by atoms with E-state index in [1.165, 1.54) is 18.4 Å². The molecule has 1 unspecified atom stereocenters. The second kappa shape index (κ2) is 8.21. The van der Waals surface area contributed by atoms with Crippen LogP contribution in [0.2, 0.25) is 0 Å². The number of phenolic OH excluding ortho intramolecular Hbond substituents is 1. The smallest absolute Gasteiger partial charge is 0.230 e. The van der Waals surface area contributed by atoms with Crippen molar-refractivity contribution in [1.29, 1.82) is 0 Å². The van der Waals surface area contributed by atoms with Crippen LogP contribution in [0.1, 0.15) is 68.1 Å². The highest BCUT2D eigenvalue weighted by atomic mass is 16.5. The Morgan fingerprint density at radius 2 is 1.95 bits per heavy atom. The highest BCUT2D eigenvalue weighted by Gasteiger charge is 2.73. The summed E-state index contributed by atoms with van der Waals surface area (Å²) in [6.45, 7) is 4.05. The molecule has 6 nitrogen and oxygen atoms in total. The van der Waals surface area contributed by atoms with Gasteiger partial charge in [-0.05, 0) is 74.6 Å². The average molecular weight is 503 g/mol. The second-order valence-corrected chi connectivity index (χ2v) is 12.2. The molecule has 37 heavy (non-hydrogen) atoms. The Balaban J connectivity index is 1.29. The molecular weight excluding hydrogens is 464 g/mol. The van der Waals surface area contributed by atoms with Gasteiger partial charge in [0.1, 0.15) is 6.10 Å². The van der Waals surface area contributed by atoms with Gasteiger partial charge in [0, 0.05) is 25.2 Å². The van der Waals surface area contributed by atoms with Gasteiger partial charge in [-0.2, -0.15) is 0 Å². The molecule has 7 rings (SSSR count). The maximum absolute atomic E-state index is 13.9. The standard InChI is InChI=1S/C31H38N2O4/c1-3-22(20-7-5-4-6-8-20)29(35)32(2)23-13-14-31(36)25-17-21-11-12-24(34)27-26(21)30(31,28(23)37-27)15-16-33(25)18-19-9-10-19/h4-8,11-12,19,22-23,25,28,34,36H,3,9-10,13-18H2,1-2H3/t22-,23+,25-,28+,30+,31?/m1/s1. The number of hydrogen-bond donors (Lipinski definition) is 2. The number of benzene rings is 2. The minimum atomic E-state index is -0.930. The SMILES string of the molecule is CC[C@@H](C(=O)N(C)[C@H]1CCC2(O)[C@H]3Cc4ccc(O)c5c4[C@@]2(CCN3CC2CC2)[C@H]1O5)c1ccccc1. The Morgan fingerprint density at radius 3 is 2.68 bits per heavy atom. The number of nitrogens with zero attached hydrogens (tertiary/aromatic N) is 2. The average Bonchev–Trinajstić information content (AvgIpc) is 3.65. The Bertz CT molecular complexity index is 1230. The van der Waals surface area contributed by atoms with Gasteiger partial charge in [0.25, 0.3) is 0 Å². The predicted octanol–water partition coefficient (Wildman–Crippen LogP) is 3.98.